The van der Waals surface area contributed by atoms with E-state index < -0.39 is 35.9 Å². The van der Waals surface area contributed by atoms with E-state index in [9.17, 15) is 19.2 Å². The summed E-state index contributed by atoms with van der Waals surface area (Å²) in [5.41, 5.74) is 1.21. The number of esters is 1. The maximum Gasteiger partial charge on any atom is 0.357 e. The maximum absolute atomic E-state index is 13.5. The summed E-state index contributed by atoms with van der Waals surface area (Å²) < 4.78 is 15.2. The van der Waals surface area contributed by atoms with E-state index in [0.29, 0.717) is 17.1 Å². The van der Waals surface area contributed by atoms with Gasteiger partial charge in [0, 0.05) is 17.9 Å². The van der Waals surface area contributed by atoms with Crippen LogP contribution in [0.4, 0.5) is 9.93 Å². The second-order valence-corrected chi connectivity index (χ2v) is 8.82. The molecule has 0 aliphatic carbocycles. The van der Waals surface area contributed by atoms with Crippen LogP contribution in [0.2, 0.25) is 0 Å². The highest BCUT2D eigenvalue weighted by atomic mass is 32.1. The van der Waals surface area contributed by atoms with E-state index >= 15 is 0 Å². The van der Waals surface area contributed by atoms with Crippen LogP contribution in [0.15, 0.2) is 53.9 Å². The Balaban J connectivity index is 1.64. The average Bonchev–Trinajstić information content (AvgIpc) is 3.50. The van der Waals surface area contributed by atoms with Crippen LogP contribution < -0.4 is 20.1 Å². The molecule has 0 saturated carbocycles. The van der Waals surface area contributed by atoms with Crippen molar-refractivity contribution in [3.05, 3.63) is 70.7 Å². The number of amides is 4. The van der Waals surface area contributed by atoms with Gasteiger partial charge in [-0.15, -0.1) is 11.3 Å². The smallest absolute Gasteiger partial charge is 0.357 e. The van der Waals surface area contributed by atoms with Gasteiger partial charge in [-0.3, -0.25) is 9.59 Å². The van der Waals surface area contributed by atoms with Crippen molar-refractivity contribution in [1.29, 1.82) is 0 Å². The Kier molecular flexibility index (Phi) is 7.68. The average molecular weight is 525 g/mol. The highest BCUT2D eigenvalue weighted by Crippen LogP contribution is 2.31. The number of thiazole rings is 1. The van der Waals surface area contributed by atoms with Crippen LogP contribution in [0.5, 0.6) is 11.5 Å². The number of imide groups is 1. The number of anilines is 1. The molecule has 1 aliphatic heterocycles. The molecule has 0 bridgehead atoms. The molecule has 1 saturated heterocycles. The molecule has 192 valence electrons. The molecular formula is C25H24N4O7S. The number of nitrogens with one attached hydrogen (secondary N) is 2. The molecule has 11 nitrogen and oxygen atoms in total. The fourth-order valence-electron chi connectivity index (χ4n) is 3.87. The lowest BCUT2D eigenvalue weighted by Crippen LogP contribution is -2.49. The second kappa shape index (κ2) is 11.1. The Morgan fingerprint density at radius 2 is 1.76 bits per heavy atom. The number of carbonyl (C=O) groups is 4. The Morgan fingerprint density at radius 1 is 1.08 bits per heavy atom. The molecule has 4 rings (SSSR count). The lowest BCUT2D eigenvalue weighted by Gasteiger charge is -2.24. The molecule has 0 spiro atoms. The molecule has 2 unspecified atom stereocenters. The molecule has 0 radical (unpaired) electrons. The SMILES string of the molecule is COC(=O)c1csc(NC(=O)C(Cc2ccccc2)N2C(=O)NC(c3cc(OC)cc(OC)c3)C2=O)n1. The van der Waals surface area contributed by atoms with Gasteiger partial charge in [-0.1, -0.05) is 30.3 Å². The van der Waals surface area contributed by atoms with E-state index in [-0.39, 0.29) is 17.2 Å². The van der Waals surface area contributed by atoms with Gasteiger partial charge < -0.3 is 24.8 Å². The van der Waals surface area contributed by atoms with Crippen LogP contribution in [0.1, 0.15) is 27.7 Å². The van der Waals surface area contributed by atoms with Gasteiger partial charge in [-0.05, 0) is 23.3 Å². The van der Waals surface area contributed by atoms with Crippen molar-refractivity contribution < 1.29 is 33.4 Å². The highest BCUT2D eigenvalue weighted by Gasteiger charge is 2.45. The Morgan fingerprint density at radius 3 is 2.38 bits per heavy atom. The first-order chi connectivity index (χ1) is 17.8. The van der Waals surface area contributed by atoms with Crippen molar-refractivity contribution >= 4 is 40.3 Å². The summed E-state index contributed by atoms with van der Waals surface area (Å²) in [6.45, 7) is 0. The molecular weight excluding hydrogens is 500 g/mol. The van der Waals surface area contributed by atoms with Crippen molar-refractivity contribution in [3.8, 4) is 11.5 Å². The molecule has 2 heterocycles. The van der Waals surface area contributed by atoms with Gasteiger partial charge in [-0.25, -0.2) is 19.5 Å². The number of nitrogens with zero attached hydrogens (tertiary/aromatic N) is 2. The third kappa shape index (κ3) is 5.54. The zero-order valence-corrected chi connectivity index (χ0v) is 21.0. The summed E-state index contributed by atoms with van der Waals surface area (Å²) in [4.78, 5) is 56.7. The maximum atomic E-state index is 13.5. The topological polar surface area (TPSA) is 136 Å². The summed E-state index contributed by atoms with van der Waals surface area (Å²) in [6.07, 6.45) is 0.0647. The summed E-state index contributed by atoms with van der Waals surface area (Å²) in [6, 6.07) is 10.9. The lowest BCUT2D eigenvalue weighted by molar-refractivity contribution is -0.134. The highest BCUT2D eigenvalue weighted by molar-refractivity contribution is 7.14. The Labute approximate surface area is 216 Å². The minimum absolute atomic E-state index is 0.0319. The van der Waals surface area contributed by atoms with Gasteiger partial charge in [0.15, 0.2) is 10.8 Å². The van der Waals surface area contributed by atoms with E-state index in [1.807, 2.05) is 6.07 Å². The van der Waals surface area contributed by atoms with Crippen LogP contribution >= 0.6 is 11.3 Å². The van der Waals surface area contributed by atoms with Crippen molar-refractivity contribution in [2.75, 3.05) is 26.6 Å². The number of ether oxygens (including phenoxy) is 3. The molecule has 4 amide bonds. The first kappa shape index (κ1) is 25.6. The number of hydrogen-bond donors (Lipinski definition) is 2. The normalized spacial score (nSPS) is 15.6. The largest absolute Gasteiger partial charge is 0.497 e. The second-order valence-electron chi connectivity index (χ2n) is 7.96. The van der Waals surface area contributed by atoms with E-state index in [0.717, 1.165) is 21.8 Å². The molecule has 3 aromatic rings. The molecule has 12 heteroatoms. The standard InChI is InChI=1S/C25H24N4O7S/c1-34-16-10-15(11-17(12-16)35-2)20-22(31)29(25(33)27-20)19(9-14-7-5-4-6-8-14)21(30)28-24-26-18(13-37-24)23(32)36-3/h4-8,10-13,19-20H,9H2,1-3H3,(H,27,33)(H,26,28,30). The fraction of sp³-hybridized carbons (Fsp3) is 0.240. The third-order valence-corrected chi connectivity index (χ3v) is 6.45. The quantitative estimate of drug-likeness (QED) is 0.322. The predicted molar refractivity (Wildman–Crippen MR) is 134 cm³/mol. The van der Waals surface area contributed by atoms with E-state index in [2.05, 4.69) is 20.4 Å². The number of rotatable bonds is 9. The summed E-state index contributed by atoms with van der Waals surface area (Å²) >= 11 is 1.02. The molecule has 2 aromatic carbocycles. The monoisotopic (exact) mass is 524 g/mol. The number of carbonyl (C=O) groups excluding carboxylic acids is 4. The summed E-state index contributed by atoms with van der Waals surface area (Å²) in [5, 5.41) is 6.84. The van der Waals surface area contributed by atoms with Gasteiger partial charge in [-0.2, -0.15) is 0 Å². The summed E-state index contributed by atoms with van der Waals surface area (Å²) in [7, 11) is 4.18. The first-order valence-corrected chi connectivity index (χ1v) is 12.0. The van der Waals surface area contributed by atoms with Crippen LogP contribution in [0, 0.1) is 0 Å². The van der Waals surface area contributed by atoms with Crippen molar-refractivity contribution in [2.45, 2.75) is 18.5 Å². The van der Waals surface area contributed by atoms with E-state index in [4.69, 9.17) is 9.47 Å². The molecule has 2 atom stereocenters. The molecule has 1 aromatic heterocycles. The van der Waals surface area contributed by atoms with Gasteiger partial charge >= 0.3 is 12.0 Å². The van der Waals surface area contributed by atoms with Crippen LogP contribution in [-0.2, 0) is 20.7 Å². The zero-order valence-electron chi connectivity index (χ0n) is 20.2. The number of urea groups is 1. The molecule has 37 heavy (non-hydrogen) atoms. The zero-order chi connectivity index (χ0) is 26.5. The van der Waals surface area contributed by atoms with E-state index in [1.165, 1.54) is 26.7 Å². The Hall–Kier alpha value is -4.45. The van der Waals surface area contributed by atoms with Crippen LogP contribution in [0.25, 0.3) is 0 Å². The van der Waals surface area contributed by atoms with Crippen molar-refractivity contribution in [1.82, 2.24) is 15.2 Å². The van der Waals surface area contributed by atoms with Gasteiger partial charge in [0.25, 0.3) is 5.91 Å². The first-order valence-electron chi connectivity index (χ1n) is 11.1. The minimum Gasteiger partial charge on any atom is -0.497 e. The Bertz CT molecular complexity index is 1310. The molecule has 1 fully saturated rings. The number of methoxy groups -OCH3 is 3. The van der Waals surface area contributed by atoms with Crippen LogP contribution in [-0.4, -0.2) is 61.1 Å². The van der Waals surface area contributed by atoms with Gasteiger partial charge in [0.05, 0.1) is 21.3 Å². The van der Waals surface area contributed by atoms with E-state index in [1.54, 1.807) is 42.5 Å². The van der Waals surface area contributed by atoms with Crippen molar-refractivity contribution in [2.24, 2.45) is 0 Å². The summed E-state index contributed by atoms with van der Waals surface area (Å²) in [5.74, 6) is -1.01. The molecule has 1 aliphatic rings. The van der Waals surface area contributed by atoms with Crippen LogP contribution in [0.3, 0.4) is 0 Å². The van der Waals surface area contributed by atoms with Gasteiger partial charge in [0.2, 0.25) is 5.91 Å². The number of hydrogen-bond acceptors (Lipinski definition) is 9. The predicted octanol–water partition coefficient (Wildman–Crippen LogP) is 2.79. The van der Waals surface area contributed by atoms with Crippen molar-refractivity contribution in [3.63, 3.8) is 0 Å². The van der Waals surface area contributed by atoms with Gasteiger partial charge in [0.1, 0.15) is 23.6 Å². The minimum atomic E-state index is -1.20. The third-order valence-electron chi connectivity index (χ3n) is 5.69. The lowest BCUT2D eigenvalue weighted by atomic mass is 10.0. The number of benzene rings is 2. The molecule has 2 N–H and O–H groups in total. The number of aromatic nitrogens is 1. The fourth-order valence-corrected chi connectivity index (χ4v) is 4.55.